The number of rotatable bonds is 9. The maximum Gasteiger partial charge on any atom is 0.107 e. The van der Waals surface area contributed by atoms with Gasteiger partial charge in [-0.1, -0.05) is 25.5 Å². The van der Waals surface area contributed by atoms with Gasteiger partial charge in [-0.15, -0.1) is 0 Å². The molecule has 0 bridgehead atoms. The summed E-state index contributed by atoms with van der Waals surface area (Å²) in [6.45, 7) is 11.2. The molecule has 4 heteroatoms. The maximum absolute atomic E-state index is 4.83. The quantitative estimate of drug-likeness (QED) is 0.561. The second-order valence-corrected chi connectivity index (χ2v) is 10.8. The molecule has 30 heavy (non-hydrogen) atoms. The van der Waals surface area contributed by atoms with Crippen molar-refractivity contribution in [1.82, 2.24) is 19.9 Å². The number of allylic oxidation sites excluding steroid dienone is 1. The summed E-state index contributed by atoms with van der Waals surface area (Å²) in [5, 5.41) is 0. The first kappa shape index (κ1) is 20.2. The standard InChI is InChI=1S/C26H38N4/c1-17(2)23-11-21(12-26-28-24-8-9-27-13-25(24)29-26)18(3)10-22(23)16-30(14-19-4-5-19)15-20-6-7-20/h8-10,13,17,19-23H,4-7,11-12,14-16H2,1-3H3,(H,28,29). The molecule has 3 atom stereocenters. The van der Waals surface area contributed by atoms with Gasteiger partial charge < -0.3 is 9.88 Å². The highest BCUT2D eigenvalue weighted by Gasteiger charge is 2.35. The summed E-state index contributed by atoms with van der Waals surface area (Å²) in [4.78, 5) is 15.4. The van der Waals surface area contributed by atoms with Crippen LogP contribution in [-0.2, 0) is 6.42 Å². The molecule has 0 aromatic carbocycles. The van der Waals surface area contributed by atoms with E-state index in [4.69, 9.17) is 4.98 Å². The normalized spacial score (nSPS) is 27.2. The molecule has 0 saturated heterocycles. The Hall–Kier alpha value is -1.68. The topological polar surface area (TPSA) is 44.8 Å². The van der Waals surface area contributed by atoms with E-state index in [2.05, 4.69) is 41.7 Å². The van der Waals surface area contributed by atoms with Crippen molar-refractivity contribution in [2.45, 2.75) is 59.3 Å². The number of fused-ring (bicyclic) bond motifs is 1. The van der Waals surface area contributed by atoms with Gasteiger partial charge in [0.05, 0.1) is 17.2 Å². The van der Waals surface area contributed by atoms with Crippen molar-refractivity contribution in [3.63, 3.8) is 0 Å². The molecule has 2 heterocycles. The Balaban J connectivity index is 1.30. The van der Waals surface area contributed by atoms with Crippen molar-refractivity contribution in [2.24, 2.45) is 35.5 Å². The van der Waals surface area contributed by atoms with E-state index in [0.717, 1.165) is 47.0 Å². The first-order valence-electron chi connectivity index (χ1n) is 12.2. The number of nitrogens with one attached hydrogen (secondary N) is 1. The largest absolute Gasteiger partial charge is 0.341 e. The van der Waals surface area contributed by atoms with Gasteiger partial charge in [0.2, 0.25) is 0 Å². The van der Waals surface area contributed by atoms with E-state index >= 15 is 0 Å². The fourth-order valence-corrected chi connectivity index (χ4v) is 5.58. The summed E-state index contributed by atoms with van der Waals surface area (Å²) < 4.78 is 0. The maximum atomic E-state index is 4.83. The molecule has 0 spiro atoms. The van der Waals surface area contributed by atoms with Gasteiger partial charge in [-0.25, -0.2) is 4.98 Å². The van der Waals surface area contributed by atoms with Crippen LogP contribution >= 0.6 is 0 Å². The van der Waals surface area contributed by atoms with Crippen molar-refractivity contribution in [1.29, 1.82) is 0 Å². The summed E-state index contributed by atoms with van der Waals surface area (Å²) >= 11 is 0. The predicted octanol–water partition coefficient (Wildman–Crippen LogP) is 5.48. The van der Waals surface area contributed by atoms with Crippen LogP contribution in [0, 0.1) is 35.5 Å². The van der Waals surface area contributed by atoms with E-state index in [-0.39, 0.29) is 0 Å². The highest BCUT2D eigenvalue weighted by Crippen LogP contribution is 2.41. The van der Waals surface area contributed by atoms with E-state index in [1.807, 2.05) is 18.5 Å². The second kappa shape index (κ2) is 8.45. The molecule has 2 aromatic heterocycles. The lowest BCUT2D eigenvalue weighted by Crippen LogP contribution is -2.39. The molecule has 3 aliphatic rings. The van der Waals surface area contributed by atoms with Gasteiger partial charge in [-0.2, -0.15) is 0 Å². The van der Waals surface area contributed by atoms with E-state index in [9.17, 15) is 0 Å². The highest BCUT2D eigenvalue weighted by molar-refractivity contribution is 5.73. The van der Waals surface area contributed by atoms with E-state index in [0.29, 0.717) is 11.8 Å². The summed E-state index contributed by atoms with van der Waals surface area (Å²) in [5.74, 6) is 5.90. The van der Waals surface area contributed by atoms with Crippen molar-refractivity contribution >= 4 is 11.0 Å². The van der Waals surface area contributed by atoms with Crippen LogP contribution in [0.1, 0.15) is 58.7 Å². The Bertz CT molecular complexity index is 842. The van der Waals surface area contributed by atoms with Crippen LogP contribution in [0.4, 0.5) is 0 Å². The fourth-order valence-electron chi connectivity index (χ4n) is 5.58. The van der Waals surface area contributed by atoms with Crippen molar-refractivity contribution in [2.75, 3.05) is 19.6 Å². The molecule has 2 fully saturated rings. The Morgan fingerprint density at radius 1 is 1.10 bits per heavy atom. The molecule has 2 saturated carbocycles. The van der Waals surface area contributed by atoms with Crippen LogP contribution in [0.2, 0.25) is 0 Å². The lowest BCUT2D eigenvalue weighted by Gasteiger charge is -2.39. The van der Waals surface area contributed by atoms with E-state index in [1.165, 1.54) is 51.7 Å². The molecular weight excluding hydrogens is 368 g/mol. The molecule has 1 N–H and O–H groups in total. The average molecular weight is 407 g/mol. The van der Waals surface area contributed by atoms with Gasteiger partial charge in [0, 0.05) is 32.3 Å². The van der Waals surface area contributed by atoms with Crippen LogP contribution in [0.5, 0.6) is 0 Å². The number of imidazole rings is 1. The Kier molecular flexibility index (Phi) is 5.70. The van der Waals surface area contributed by atoms with Gasteiger partial charge in [-0.3, -0.25) is 4.98 Å². The molecule has 0 amide bonds. The number of hydrogen-bond donors (Lipinski definition) is 1. The molecule has 0 aliphatic heterocycles. The Morgan fingerprint density at radius 2 is 1.83 bits per heavy atom. The Labute approximate surface area is 181 Å². The first-order valence-corrected chi connectivity index (χ1v) is 12.2. The van der Waals surface area contributed by atoms with E-state index in [1.54, 1.807) is 5.57 Å². The third-order valence-electron chi connectivity index (χ3n) is 7.75. The molecule has 5 rings (SSSR count). The smallest absolute Gasteiger partial charge is 0.107 e. The summed E-state index contributed by atoms with van der Waals surface area (Å²) in [6.07, 6.45) is 14.5. The van der Waals surface area contributed by atoms with Gasteiger partial charge in [0.15, 0.2) is 0 Å². The third-order valence-corrected chi connectivity index (χ3v) is 7.75. The van der Waals surface area contributed by atoms with Crippen molar-refractivity contribution < 1.29 is 0 Å². The molecule has 162 valence electrons. The lowest BCUT2D eigenvalue weighted by atomic mass is 9.69. The molecule has 3 unspecified atom stereocenters. The Morgan fingerprint density at radius 3 is 2.47 bits per heavy atom. The number of H-pyrrole nitrogens is 1. The number of pyridine rings is 1. The van der Waals surface area contributed by atoms with Gasteiger partial charge in [0.1, 0.15) is 5.82 Å². The van der Waals surface area contributed by atoms with Crippen LogP contribution < -0.4 is 0 Å². The van der Waals surface area contributed by atoms with Crippen LogP contribution in [0.25, 0.3) is 11.0 Å². The van der Waals surface area contributed by atoms with Gasteiger partial charge >= 0.3 is 0 Å². The number of aromatic nitrogens is 3. The van der Waals surface area contributed by atoms with Crippen LogP contribution in [0.15, 0.2) is 30.1 Å². The lowest BCUT2D eigenvalue weighted by molar-refractivity contribution is 0.153. The molecular formula is C26H38N4. The molecule has 2 aromatic rings. The summed E-state index contributed by atoms with van der Waals surface area (Å²) in [5.41, 5.74) is 3.67. The fraction of sp³-hybridized carbons (Fsp3) is 0.692. The summed E-state index contributed by atoms with van der Waals surface area (Å²) in [6, 6.07) is 2.00. The zero-order chi connectivity index (χ0) is 20.7. The predicted molar refractivity (Wildman–Crippen MR) is 123 cm³/mol. The van der Waals surface area contributed by atoms with E-state index < -0.39 is 0 Å². The molecule has 3 aliphatic carbocycles. The van der Waals surface area contributed by atoms with Crippen molar-refractivity contribution in [3.05, 3.63) is 35.9 Å². The SMILES string of the molecule is CC1=CC(CN(CC2CC2)CC2CC2)C(C(C)C)CC1Cc1nc2ccncc2[nH]1. The van der Waals surface area contributed by atoms with Crippen LogP contribution in [0.3, 0.4) is 0 Å². The van der Waals surface area contributed by atoms with Crippen molar-refractivity contribution in [3.8, 4) is 0 Å². The number of hydrogen-bond acceptors (Lipinski definition) is 3. The van der Waals surface area contributed by atoms with Gasteiger partial charge in [-0.05, 0) is 80.6 Å². The first-order chi connectivity index (χ1) is 14.5. The molecule has 0 radical (unpaired) electrons. The van der Waals surface area contributed by atoms with Crippen LogP contribution in [-0.4, -0.2) is 39.5 Å². The number of aromatic amines is 1. The second-order valence-electron chi connectivity index (χ2n) is 10.8. The van der Waals surface area contributed by atoms with Gasteiger partial charge in [0.25, 0.3) is 0 Å². The summed E-state index contributed by atoms with van der Waals surface area (Å²) in [7, 11) is 0. The third kappa shape index (κ3) is 4.80. The average Bonchev–Trinajstić information content (AvgIpc) is 3.63. The minimum absolute atomic E-state index is 0.600. The minimum Gasteiger partial charge on any atom is -0.341 e. The highest BCUT2D eigenvalue weighted by atomic mass is 15.1. The zero-order valence-corrected chi connectivity index (χ0v) is 19.0. The zero-order valence-electron chi connectivity index (χ0n) is 19.0. The number of nitrogens with zero attached hydrogens (tertiary/aromatic N) is 3. The minimum atomic E-state index is 0.600. The molecule has 4 nitrogen and oxygen atoms in total. The monoisotopic (exact) mass is 406 g/mol.